The average molecular weight is 636 g/mol. The highest BCUT2D eigenvalue weighted by Gasteiger charge is 2.51. The first kappa shape index (κ1) is 28.3. The molecule has 2 aromatic carbocycles. The van der Waals surface area contributed by atoms with Crippen molar-refractivity contribution in [3.63, 3.8) is 0 Å². The number of carbonyl (C=O) groups is 2. The Labute approximate surface area is 250 Å². The molecule has 1 aliphatic heterocycles. The standard InChI is InChI=1S/C31H32BrFN6O3/c32-22-6-4-5-21(15-22)31(29(34)41)17-24(18-31)39-26-16-27(42-14-13-38-11-2-1-3-12-38)35-19-25(26)36-30(39)37-28(40)20-7-9-23(33)10-8-20/h4-10,15-16,19,24H,1-3,11-14,17-18H2,(H2,34,41)(H,36,37,40)/t24-,31+. The van der Waals surface area contributed by atoms with E-state index in [0.717, 1.165) is 35.2 Å². The Morgan fingerprint density at radius 1 is 1.12 bits per heavy atom. The number of carbonyl (C=O) groups excluding carboxylic acids is 2. The number of aromatic nitrogens is 3. The number of piperidine rings is 1. The lowest BCUT2D eigenvalue weighted by atomic mass is 9.61. The van der Waals surface area contributed by atoms with E-state index in [9.17, 15) is 14.0 Å². The van der Waals surface area contributed by atoms with Gasteiger partial charge in [0.15, 0.2) is 0 Å². The van der Waals surface area contributed by atoms with Gasteiger partial charge in [-0.05, 0) is 80.7 Å². The summed E-state index contributed by atoms with van der Waals surface area (Å²) in [6.45, 7) is 3.51. The van der Waals surface area contributed by atoms with Gasteiger partial charge in [0, 0.05) is 28.7 Å². The number of hydrogen-bond donors (Lipinski definition) is 2. The van der Waals surface area contributed by atoms with Crippen LogP contribution < -0.4 is 16.1 Å². The predicted octanol–water partition coefficient (Wildman–Crippen LogP) is 4.63. The molecular weight excluding hydrogens is 603 g/mol. The van der Waals surface area contributed by atoms with E-state index in [-0.39, 0.29) is 11.6 Å². The smallest absolute Gasteiger partial charge is 0.280 e. The lowest BCUT2D eigenvalue weighted by Crippen LogP contribution is -2.53. The molecule has 0 atom stereocenters. The van der Waals surface area contributed by atoms with Crippen LogP contribution in [0.2, 0.25) is 0 Å². The molecule has 3 heterocycles. The summed E-state index contributed by atoms with van der Waals surface area (Å²) in [4.78, 5) is 40.4. The van der Waals surface area contributed by atoms with Crippen molar-refractivity contribution in [2.45, 2.75) is 43.6 Å². The largest absolute Gasteiger partial charge is 0.476 e. The van der Waals surface area contributed by atoms with E-state index in [4.69, 9.17) is 10.5 Å². The first-order chi connectivity index (χ1) is 20.3. The summed E-state index contributed by atoms with van der Waals surface area (Å²) < 4.78 is 22.3. The summed E-state index contributed by atoms with van der Waals surface area (Å²) in [7, 11) is 0. The van der Waals surface area contributed by atoms with Crippen LogP contribution in [0.3, 0.4) is 0 Å². The van der Waals surface area contributed by atoms with Gasteiger partial charge in [-0.15, -0.1) is 0 Å². The van der Waals surface area contributed by atoms with Gasteiger partial charge in [0.05, 0.1) is 22.6 Å². The number of amides is 2. The van der Waals surface area contributed by atoms with E-state index in [2.05, 4.69) is 35.8 Å². The van der Waals surface area contributed by atoms with Crippen LogP contribution in [-0.2, 0) is 10.2 Å². The zero-order valence-electron chi connectivity index (χ0n) is 23.1. The second kappa shape index (κ2) is 11.8. The summed E-state index contributed by atoms with van der Waals surface area (Å²) in [5.74, 6) is -0.887. The number of nitrogens with zero attached hydrogens (tertiary/aromatic N) is 4. The summed E-state index contributed by atoms with van der Waals surface area (Å²) in [5, 5.41) is 0. The van der Waals surface area contributed by atoms with Crippen molar-refractivity contribution in [2.75, 3.05) is 26.2 Å². The SMILES string of the molecule is NC(=O)[C@]1(c2cccc(Br)c2)C[C@H](n2/c(=N/C(=O)c3ccc(F)cc3)[nH]c3cnc(OCCN4CCCCC4)cc32)C1. The van der Waals surface area contributed by atoms with Crippen molar-refractivity contribution < 1.29 is 18.7 Å². The minimum Gasteiger partial charge on any atom is -0.476 e. The molecule has 2 amide bonds. The number of fused-ring (bicyclic) bond motifs is 1. The number of likely N-dealkylation sites (tertiary alicyclic amines) is 1. The molecule has 2 aromatic heterocycles. The maximum absolute atomic E-state index is 13.5. The fourth-order valence-corrected chi connectivity index (χ4v) is 6.45. The summed E-state index contributed by atoms with van der Waals surface area (Å²) in [6, 6.07) is 14.5. The highest BCUT2D eigenvalue weighted by molar-refractivity contribution is 9.10. The van der Waals surface area contributed by atoms with E-state index in [1.165, 1.54) is 43.5 Å². The first-order valence-electron chi connectivity index (χ1n) is 14.2. The van der Waals surface area contributed by atoms with Gasteiger partial charge in [-0.3, -0.25) is 14.5 Å². The third kappa shape index (κ3) is 5.63. The summed E-state index contributed by atoms with van der Waals surface area (Å²) in [5.41, 5.74) is 7.95. The number of primary amides is 1. The quantitative estimate of drug-likeness (QED) is 0.293. The highest BCUT2D eigenvalue weighted by atomic mass is 79.9. The Morgan fingerprint density at radius 3 is 2.60 bits per heavy atom. The van der Waals surface area contributed by atoms with Crippen LogP contribution in [0.1, 0.15) is 54.1 Å². The van der Waals surface area contributed by atoms with E-state index >= 15 is 0 Å². The normalized spacial score (nSPS) is 21.3. The van der Waals surface area contributed by atoms with Gasteiger partial charge in [-0.2, -0.15) is 4.99 Å². The number of imidazole rings is 1. The van der Waals surface area contributed by atoms with Crippen molar-refractivity contribution in [3.05, 3.63) is 87.8 Å². The van der Waals surface area contributed by atoms with Crippen molar-refractivity contribution in [1.29, 1.82) is 0 Å². The minimum atomic E-state index is -0.857. The molecule has 4 aromatic rings. The van der Waals surface area contributed by atoms with Crippen LogP contribution in [0.5, 0.6) is 5.88 Å². The number of nitrogens with one attached hydrogen (secondary N) is 1. The molecule has 1 saturated heterocycles. The molecular formula is C31H32BrFN6O3. The van der Waals surface area contributed by atoms with Gasteiger partial charge in [0.1, 0.15) is 12.4 Å². The highest BCUT2D eigenvalue weighted by Crippen LogP contribution is 2.51. The Bertz CT molecular complexity index is 1690. The number of benzene rings is 2. The van der Waals surface area contributed by atoms with Gasteiger partial charge in [-0.1, -0.05) is 34.5 Å². The molecule has 6 rings (SSSR count). The van der Waals surface area contributed by atoms with Gasteiger partial charge >= 0.3 is 0 Å². The lowest BCUT2D eigenvalue weighted by molar-refractivity contribution is -0.128. The Balaban J connectivity index is 1.35. The molecule has 1 saturated carbocycles. The summed E-state index contributed by atoms with van der Waals surface area (Å²) in [6.07, 6.45) is 6.22. The van der Waals surface area contributed by atoms with Crippen LogP contribution in [-0.4, -0.2) is 57.5 Å². The first-order valence-corrected chi connectivity index (χ1v) is 15.0. The number of hydrogen-bond acceptors (Lipinski definition) is 5. The fourth-order valence-electron chi connectivity index (χ4n) is 6.06. The maximum Gasteiger partial charge on any atom is 0.280 e. The fraction of sp³-hybridized carbons (Fsp3) is 0.355. The van der Waals surface area contributed by atoms with Crippen molar-refractivity contribution >= 4 is 38.8 Å². The number of ether oxygens (including phenoxy) is 1. The molecule has 2 aliphatic rings. The molecule has 11 heteroatoms. The molecule has 0 spiro atoms. The average Bonchev–Trinajstić information content (AvgIpc) is 3.30. The Hall–Kier alpha value is -3.83. The van der Waals surface area contributed by atoms with Crippen LogP contribution in [0.15, 0.2) is 70.3 Å². The van der Waals surface area contributed by atoms with E-state index < -0.39 is 23.0 Å². The molecule has 9 nitrogen and oxygen atoms in total. The molecule has 0 radical (unpaired) electrons. The van der Waals surface area contributed by atoms with Crippen LogP contribution in [0, 0.1) is 5.82 Å². The zero-order chi connectivity index (χ0) is 29.3. The second-order valence-corrected chi connectivity index (χ2v) is 12.0. The minimum absolute atomic E-state index is 0.186. The Morgan fingerprint density at radius 2 is 1.88 bits per heavy atom. The van der Waals surface area contributed by atoms with E-state index in [1.54, 1.807) is 6.20 Å². The van der Waals surface area contributed by atoms with E-state index in [0.29, 0.717) is 36.5 Å². The van der Waals surface area contributed by atoms with Crippen LogP contribution >= 0.6 is 15.9 Å². The molecule has 218 valence electrons. The van der Waals surface area contributed by atoms with Crippen LogP contribution in [0.4, 0.5) is 4.39 Å². The number of rotatable bonds is 8. The maximum atomic E-state index is 13.5. The Kier molecular flexibility index (Phi) is 7.96. The number of pyridine rings is 1. The van der Waals surface area contributed by atoms with Gasteiger partial charge in [0.25, 0.3) is 5.91 Å². The zero-order valence-corrected chi connectivity index (χ0v) is 24.6. The van der Waals surface area contributed by atoms with Crippen molar-refractivity contribution in [2.24, 2.45) is 10.7 Å². The number of nitrogens with two attached hydrogens (primary N) is 1. The lowest BCUT2D eigenvalue weighted by Gasteiger charge is -2.46. The third-order valence-electron chi connectivity index (χ3n) is 8.38. The second-order valence-electron chi connectivity index (χ2n) is 11.1. The molecule has 0 unspecified atom stereocenters. The van der Waals surface area contributed by atoms with Crippen molar-refractivity contribution in [1.82, 2.24) is 19.4 Å². The summed E-state index contributed by atoms with van der Waals surface area (Å²) >= 11 is 3.50. The monoisotopic (exact) mass is 634 g/mol. The predicted molar refractivity (Wildman–Crippen MR) is 159 cm³/mol. The van der Waals surface area contributed by atoms with Gasteiger partial charge in [0.2, 0.25) is 17.4 Å². The molecule has 3 N–H and O–H groups in total. The number of H-pyrrole nitrogens is 1. The number of aromatic amines is 1. The van der Waals surface area contributed by atoms with Gasteiger partial charge in [-0.25, -0.2) is 9.37 Å². The molecule has 1 aliphatic carbocycles. The van der Waals surface area contributed by atoms with Crippen LogP contribution in [0.25, 0.3) is 11.0 Å². The molecule has 42 heavy (non-hydrogen) atoms. The number of halogens is 2. The molecule has 0 bridgehead atoms. The molecule has 2 fully saturated rings. The van der Waals surface area contributed by atoms with E-state index in [1.807, 2.05) is 34.9 Å². The van der Waals surface area contributed by atoms with Gasteiger partial charge < -0.3 is 20.0 Å². The third-order valence-corrected chi connectivity index (χ3v) is 8.87. The topological polar surface area (TPSA) is 119 Å². The van der Waals surface area contributed by atoms with Crippen molar-refractivity contribution in [3.8, 4) is 5.88 Å².